The molecular weight excluding hydrogens is 787 g/mol. The molecule has 0 fully saturated rings. The molecule has 0 bridgehead atoms. The van der Waals surface area contributed by atoms with Gasteiger partial charge >= 0.3 is 17.9 Å². The summed E-state index contributed by atoms with van der Waals surface area (Å²) in [5.41, 5.74) is 0. The number of likely N-dealkylation sites (N-methyl/N-ethyl adjacent to an activating group) is 1. The maximum absolute atomic E-state index is 12.8. The number of allylic oxidation sites excluding steroid dienone is 16. The summed E-state index contributed by atoms with van der Waals surface area (Å²) in [5.74, 6) is -1.59. The average Bonchev–Trinajstić information content (AvgIpc) is 3.24. The van der Waals surface area contributed by atoms with Crippen LogP contribution >= 0.6 is 0 Å². The van der Waals surface area contributed by atoms with Gasteiger partial charge in [-0.05, 0) is 77.0 Å². The van der Waals surface area contributed by atoms with Gasteiger partial charge in [-0.2, -0.15) is 0 Å². The van der Waals surface area contributed by atoms with Crippen molar-refractivity contribution in [3.8, 4) is 0 Å². The molecule has 0 aliphatic rings. The van der Waals surface area contributed by atoms with Crippen LogP contribution in [0.3, 0.4) is 0 Å². The second-order valence-corrected chi connectivity index (χ2v) is 17.4. The lowest BCUT2D eigenvalue weighted by Crippen LogP contribution is -2.50. The highest BCUT2D eigenvalue weighted by atomic mass is 16.6. The molecule has 0 aliphatic carbocycles. The predicted molar refractivity (Wildman–Crippen MR) is 266 cm³/mol. The molecule has 2 atom stereocenters. The molecule has 0 amide bonds. The van der Waals surface area contributed by atoms with Crippen molar-refractivity contribution < 1.29 is 38.2 Å². The first kappa shape index (κ1) is 59.2. The van der Waals surface area contributed by atoms with Gasteiger partial charge in [0.2, 0.25) is 0 Å². The third-order valence-electron chi connectivity index (χ3n) is 10.5. The van der Waals surface area contributed by atoms with E-state index in [0.29, 0.717) is 19.3 Å². The van der Waals surface area contributed by atoms with Gasteiger partial charge < -0.3 is 23.8 Å². The largest absolute Gasteiger partial charge is 0.477 e. The summed E-state index contributed by atoms with van der Waals surface area (Å²) in [5, 5.41) is 9.65. The molecule has 0 aromatic heterocycles. The van der Waals surface area contributed by atoms with Crippen molar-refractivity contribution in [2.75, 3.05) is 41.0 Å². The first-order valence-corrected chi connectivity index (χ1v) is 24.8. The number of carboxylic acid groups (broad SMARTS) is 1. The lowest BCUT2D eigenvalue weighted by molar-refractivity contribution is -0.887. The molecule has 0 aromatic rings. The SMILES string of the molecule is CC/C=C/C/C=C/C/C=C/C/C=C/C/C=C/C/C=C/CCC(=O)OCC(COCCC(C(=O)O)[N+](C)(C)C)OC(=O)CCCCCCCCCCCC/C=C/C=C/CCCCCC. The van der Waals surface area contributed by atoms with E-state index in [1.165, 1.54) is 77.0 Å². The number of hydrogen-bond donors (Lipinski definition) is 1. The second-order valence-electron chi connectivity index (χ2n) is 17.4. The number of aliphatic carboxylic acids is 1. The van der Waals surface area contributed by atoms with Gasteiger partial charge in [0, 0.05) is 19.3 Å². The molecular formula is C55H92NO7+. The minimum atomic E-state index is -0.888. The molecule has 8 nitrogen and oxygen atoms in total. The van der Waals surface area contributed by atoms with E-state index in [2.05, 4.69) is 98.9 Å². The summed E-state index contributed by atoms with van der Waals surface area (Å²) in [7, 11) is 5.50. The Morgan fingerprint density at radius 2 is 0.968 bits per heavy atom. The first-order chi connectivity index (χ1) is 30.6. The van der Waals surface area contributed by atoms with Crippen LogP contribution in [0.15, 0.2) is 97.2 Å². The zero-order chi connectivity index (χ0) is 46.3. The monoisotopic (exact) mass is 879 g/mol. The summed E-state index contributed by atoms with van der Waals surface area (Å²) in [4.78, 5) is 37.1. The minimum Gasteiger partial charge on any atom is -0.477 e. The Kier molecular flexibility index (Phi) is 42.2. The van der Waals surface area contributed by atoms with Gasteiger partial charge in [-0.1, -0.05) is 182 Å². The van der Waals surface area contributed by atoms with E-state index < -0.39 is 18.1 Å². The number of rotatable bonds is 43. The Morgan fingerprint density at radius 3 is 1.44 bits per heavy atom. The number of nitrogens with zero attached hydrogens (tertiary/aromatic N) is 1. The summed E-state index contributed by atoms with van der Waals surface area (Å²) < 4.78 is 17.2. The Bertz CT molecular complexity index is 1350. The molecule has 0 saturated heterocycles. The Labute approximate surface area is 386 Å². The van der Waals surface area contributed by atoms with E-state index in [0.717, 1.165) is 64.2 Å². The highest BCUT2D eigenvalue weighted by Crippen LogP contribution is 2.14. The van der Waals surface area contributed by atoms with Crippen molar-refractivity contribution in [1.82, 2.24) is 0 Å². The van der Waals surface area contributed by atoms with E-state index in [-0.39, 0.29) is 42.7 Å². The van der Waals surface area contributed by atoms with Gasteiger partial charge in [0.25, 0.3) is 0 Å². The number of esters is 2. The van der Waals surface area contributed by atoms with Crippen molar-refractivity contribution in [3.63, 3.8) is 0 Å². The normalized spacial score (nSPS) is 13.7. The maximum atomic E-state index is 12.8. The number of ether oxygens (including phenoxy) is 3. The van der Waals surface area contributed by atoms with Crippen LogP contribution in [0, 0.1) is 0 Å². The topological polar surface area (TPSA) is 99.1 Å². The summed E-state index contributed by atoms with van der Waals surface area (Å²) >= 11 is 0. The second kappa shape index (κ2) is 44.8. The van der Waals surface area contributed by atoms with Gasteiger partial charge in [0.05, 0.1) is 34.4 Å². The zero-order valence-corrected chi connectivity index (χ0v) is 40.7. The molecule has 358 valence electrons. The fraction of sp³-hybridized carbons (Fsp3) is 0.655. The van der Waals surface area contributed by atoms with Crippen molar-refractivity contribution in [3.05, 3.63) is 97.2 Å². The average molecular weight is 879 g/mol. The highest BCUT2D eigenvalue weighted by Gasteiger charge is 2.31. The van der Waals surface area contributed by atoms with E-state index in [9.17, 15) is 19.5 Å². The Balaban J connectivity index is 4.40. The smallest absolute Gasteiger partial charge is 0.362 e. The third-order valence-corrected chi connectivity index (χ3v) is 10.5. The molecule has 0 radical (unpaired) electrons. The van der Waals surface area contributed by atoms with E-state index in [1.807, 2.05) is 33.3 Å². The first-order valence-electron chi connectivity index (χ1n) is 24.8. The van der Waals surface area contributed by atoms with Crippen molar-refractivity contribution >= 4 is 17.9 Å². The van der Waals surface area contributed by atoms with Crippen LogP contribution < -0.4 is 0 Å². The van der Waals surface area contributed by atoms with Gasteiger partial charge in [-0.25, -0.2) is 4.79 Å². The van der Waals surface area contributed by atoms with E-state index in [1.54, 1.807) is 0 Å². The molecule has 8 heteroatoms. The van der Waals surface area contributed by atoms with Crippen LogP contribution in [0.1, 0.15) is 181 Å². The van der Waals surface area contributed by atoms with Crippen LogP contribution in [-0.4, -0.2) is 80.6 Å². The maximum Gasteiger partial charge on any atom is 0.362 e. The van der Waals surface area contributed by atoms with E-state index >= 15 is 0 Å². The van der Waals surface area contributed by atoms with Crippen LogP contribution in [0.2, 0.25) is 0 Å². The number of carboxylic acids is 1. The quantitative estimate of drug-likeness (QED) is 0.0214. The Hall–Kier alpha value is -3.75. The highest BCUT2D eigenvalue weighted by molar-refractivity contribution is 5.72. The number of quaternary nitrogens is 1. The van der Waals surface area contributed by atoms with Crippen LogP contribution in [0.25, 0.3) is 0 Å². The number of hydrogen-bond acceptors (Lipinski definition) is 6. The minimum absolute atomic E-state index is 0.0307. The molecule has 0 rings (SSSR count). The number of carbonyl (C=O) groups is 3. The Morgan fingerprint density at radius 1 is 0.508 bits per heavy atom. The van der Waals surface area contributed by atoms with Gasteiger partial charge in [0.15, 0.2) is 12.1 Å². The van der Waals surface area contributed by atoms with E-state index in [4.69, 9.17) is 14.2 Å². The predicted octanol–water partition coefficient (Wildman–Crippen LogP) is 14.2. The molecule has 0 spiro atoms. The van der Waals surface area contributed by atoms with Crippen molar-refractivity contribution in [1.29, 1.82) is 0 Å². The molecule has 0 aromatic carbocycles. The third kappa shape index (κ3) is 43.3. The van der Waals surface area contributed by atoms with Crippen LogP contribution in [-0.2, 0) is 28.6 Å². The van der Waals surface area contributed by atoms with Crippen LogP contribution in [0.5, 0.6) is 0 Å². The molecule has 2 unspecified atom stereocenters. The summed E-state index contributed by atoms with van der Waals surface area (Å²) in [6, 6.07) is -0.632. The molecule has 1 N–H and O–H groups in total. The van der Waals surface area contributed by atoms with Gasteiger partial charge in [-0.15, -0.1) is 0 Å². The zero-order valence-electron chi connectivity index (χ0n) is 40.7. The summed E-state index contributed by atoms with van der Waals surface area (Å²) in [6.07, 6.45) is 60.4. The lowest BCUT2D eigenvalue weighted by Gasteiger charge is -2.31. The fourth-order valence-electron chi connectivity index (χ4n) is 6.70. The van der Waals surface area contributed by atoms with Crippen LogP contribution in [0.4, 0.5) is 0 Å². The van der Waals surface area contributed by atoms with Gasteiger partial charge in [0.1, 0.15) is 6.61 Å². The summed E-state index contributed by atoms with van der Waals surface area (Å²) in [6.45, 7) is 4.51. The van der Waals surface area contributed by atoms with Crippen molar-refractivity contribution in [2.24, 2.45) is 0 Å². The molecule has 0 aliphatic heterocycles. The number of carbonyl (C=O) groups excluding carboxylic acids is 2. The lowest BCUT2D eigenvalue weighted by atomic mass is 10.1. The molecule has 0 heterocycles. The molecule has 63 heavy (non-hydrogen) atoms. The standard InChI is InChI=1S/C55H91NO7/c1-6-8-10-12-14-16-18-20-22-24-26-28-30-32-34-36-38-40-42-44-46-54(58)63-51(49-61-48-47-52(55(59)60)56(3,4)5)50-62-53(57)45-43-41-39-37-35-33-31-29-27-25-23-21-19-17-15-13-11-9-7-2/h9,11,15-18,20-23,27,29,33,35,39,41,51-52H,6-8,10,12-14,19,24-26,28,30-32,34,36-38,40,42-50H2,1-5H3/p+1/b11-9+,17-15+,18-16+,22-20+,23-21+,29-27+,35-33+,41-39+. The molecule has 0 saturated carbocycles. The fourth-order valence-corrected chi connectivity index (χ4v) is 6.70. The van der Waals surface area contributed by atoms with Crippen molar-refractivity contribution in [2.45, 2.75) is 193 Å². The van der Waals surface area contributed by atoms with Gasteiger partial charge in [-0.3, -0.25) is 9.59 Å². The number of unbranched alkanes of at least 4 members (excludes halogenated alkanes) is 14.